The summed E-state index contributed by atoms with van der Waals surface area (Å²) in [5, 5.41) is 9.07. The molecule has 0 heterocycles. The van der Waals surface area contributed by atoms with Crippen LogP contribution in [0.2, 0.25) is 0 Å². The fraction of sp³-hybridized carbons (Fsp3) is 0.533. The SMILES string of the molecule is CCC(CC)N(CCO)C(=O)Cc1ccc(F)c(F)c1. The van der Waals surface area contributed by atoms with Crippen LogP contribution < -0.4 is 0 Å². The lowest BCUT2D eigenvalue weighted by molar-refractivity contribution is -0.133. The summed E-state index contributed by atoms with van der Waals surface area (Å²) in [5.74, 6) is -2.06. The van der Waals surface area contributed by atoms with Crippen LogP contribution in [0.5, 0.6) is 0 Å². The van der Waals surface area contributed by atoms with Gasteiger partial charge in [0.05, 0.1) is 13.0 Å². The largest absolute Gasteiger partial charge is 0.395 e. The molecular weight excluding hydrogens is 264 g/mol. The van der Waals surface area contributed by atoms with Gasteiger partial charge in [0.2, 0.25) is 5.91 Å². The zero-order chi connectivity index (χ0) is 15.1. The van der Waals surface area contributed by atoms with Gasteiger partial charge in [-0.25, -0.2) is 8.78 Å². The van der Waals surface area contributed by atoms with Crippen molar-refractivity contribution in [2.24, 2.45) is 0 Å². The van der Waals surface area contributed by atoms with Gasteiger partial charge in [-0.15, -0.1) is 0 Å². The molecule has 0 saturated heterocycles. The maximum Gasteiger partial charge on any atom is 0.227 e. The van der Waals surface area contributed by atoms with E-state index in [-0.39, 0.29) is 31.5 Å². The minimum atomic E-state index is -0.952. The molecule has 20 heavy (non-hydrogen) atoms. The fourth-order valence-electron chi connectivity index (χ4n) is 2.27. The lowest BCUT2D eigenvalue weighted by Gasteiger charge is -2.30. The number of carbonyl (C=O) groups is 1. The number of aliphatic hydroxyl groups is 1. The van der Waals surface area contributed by atoms with Crippen LogP contribution in [0.4, 0.5) is 8.78 Å². The topological polar surface area (TPSA) is 40.5 Å². The Balaban J connectivity index is 2.81. The number of hydrogen-bond acceptors (Lipinski definition) is 2. The smallest absolute Gasteiger partial charge is 0.227 e. The van der Waals surface area contributed by atoms with E-state index in [1.54, 1.807) is 4.90 Å². The second kappa shape index (κ2) is 7.94. The molecule has 0 radical (unpaired) electrons. The van der Waals surface area contributed by atoms with E-state index >= 15 is 0 Å². The summed E-state index contributed by atoms with van der Waals surface area (Å²) in [6, 6.07) is 3.52. The molecule has 0 fully saturated rings. The number of hydrogen-bond donors (Lipinski definition) is 1. The van der Waals surface area contributed by atoms with Crippen molar-refractivity contribution in [2.45, 2.75) is 39.2 Å². The Labute approximate surface area is 118 Å². The Morgan fingerprint density at radius 1 is 1.25 bits per heavy atom. The van der Waals surface area contributed by atoms with E-state index in [2.05, 4.69) is 0 Å². The van der Waals surface area contributed by atoms with Crippen LogP contribution in [-0.4, -0.2) is 35.1 Å². The molecule has 1 rings (SSSR count). The van der Waals surface area contributed by atoms with Crippen LogP contribution in [0.15, 0.2) is 18.2 Å². The molecule has 0 spiro atoms. The minimum absolute atomic E-state index is 0.00764. The van der Waals surface area contributed by atoms with Gasteiger partial charge in [-0.2, -0.15) is 0 Å². The highest BCUT2D eigenvalue weighted by Crippen LogP contribution is 2.13. The van der Waals surface area contributed by atoms with Gasteiger partial charge >= 0.3 is 0 Å². The highest BCUT2D eigenvalue weighted by atomic mass is 19.2. The zero-order valence-corrected chi connectivity index (χ0v) is 11.9. The Morgan fingerprint density at radius 2 is 1.90 bits per heavy atom. The van der Waals surface area contributed by atoms with Gasteiger partial charge in [0, 0.05) is 12.6 Å². The molecule has 0 aromatic heterocycles. The van der Waals surface area contributed by atoms with Crippen LogP contribution in [-0.2, 0) is 11.2 Å². The maximum absolute atomic E-state index is 13.1. The molecule has 1 amide bonds. The number of rotatable bonds is 7. The van der Waals surface area contributed by atoms with E-state index in [4.69, 9.17) is 5.11 Å². The Kier molecular flexibility index (Phi) is 6.58. The van der Waals surface area contributed by atoms with Crippen molar-refractivity contribution in [3.63, 3.8) is 0 Å². The highest BCUT2D eigenvalue weighted by Gasteiger charge is 2.21. The number of nitrogens with zero attached hydrogens (tertiary/aromatic N) is 1. The third-order valence-electron chi connectivity index (χ3n) is 3.38. The van der Waals surface area contributed by atoms with Crippen molar-refractivity contribution in [2.75, 3.05) is 13.2 Å². The summed E-state index contributed by atoms with van der Waals surface area (Å²) in [4.78, 5) is 13.9. The Morgan fingerprint density at radius 3 is 2.40 bits per heavy atom. The first-order chi connectivity index (χ1) is 9.53. The van der Waals surface area contributed by atoms with Crippen molar-refractivity contribution in [1.82, 2.24) is 4.90 Å². The third kappa shape index (κ3) is 4.27. The van der Waals surface area contributed by atoms with E-state index in [9.17, 15) is 13.6 Å². The van der Waals surface area contributed by atoms with Crippen LogP contribution in [0.25, 0.3) is 0 Å². The summed E-state index contributed by atoms with van der Waals surface area (Å²) in [5.41, 5.74) is 0.433. The first-order valence-electron chi connectivity index (χ1n) is 6.87. The molecule has 0 atom stereocenters. The van der Waals surface area contributed by atoms with E-state index < -0.39 is 11.6 Å². The number of benzene rings is 1. The standard InChI is InChI=1S/C15H21F2NO2/c1-3-12(4-2)18(7-8-19)15(20)10-11-5-6-13(16)14(17)9-11/h5-6,9,12,19H,3-4,7-8,10H2,1-2H3. The lowest BCUT2D eigenvalue weighted by atomic mass is 10.1. The molecular formula is C15H21F2NO2. The second-order valence-electron chi connectivity index (χ2n) is 4.71. The van der Waals surface area contributed by atoms with E-state index in [1.807, 2.05) is 13.8 Å². The van der Waals surface area contributed by atoms with Crippen molar-refractivity contribution in [3.05, 3.63) is 35.4 Å². The van der Waals surface area contributed by atoms with E-state index in [0.29, 0.717) is 5.56 Å². The van der Waals surface area contributed by atoms with Crippen molar-refractivity contribution in [1.29, 1.82) is 0 Å². The van der Waals surface area contributed by atoms with Gasteiger partial charge in [0.1, 0.15) is 0 Å². The van der Waals surface area contributed by atoms with Gasteiger partial charge in [0.25, 0.3) is 0 Å². The number of halogens is 2. The summed E-state index contributed by atoms with van der Waals surface area (Å²) in [7, 11) is 0. The molecule has 0 saturated carbocycles. The van der Waals surface area contributed by atoms with Gasteiger partial charge in [-0.05, 0) is 30.5 Å². The van der Waals surface area contributed by atoms with Crippen LogP contribution >= 0.6 is 0 Å². The number of carbonyl (C=O) groups excluding carboxylic acids is 1. The van der Waals surface area contributed by atoms with Crippen molar-refractivity contribution < 1.29 is 18.7 Å². The Bertz CT molecular complexity index is 447. The molecule has 1 aromatic carbocycles. The monoisotopic (exact) mass is 285 g/mol. The zero-order valence-electron chi connectivity index (χ0n) is 11.9. The first-order valence-corrected chi connectivity index (χ1v) is 6.87. The minimum Gasteiger partial charge on any atom is -0.395 e. The lowest BCUT2D eigenvalue weighted by Crippen LogP contribution is -2.42. The fourth-order valence-corrected chi connectivity index (χ4v) is 2.27. The predicted molar refractivity (Wildman–Crippen MR) is 73.2 cm³/mol. The van der Waals surface area contributed by atoms with Gasteiger partial charge in [-0.1, -0.05) is 19.9 Å². The van der Waals surface area contributed by atoms with Gasteiger partial charge in [0.15, 0.2) is 11.6 Å². The molecule has 0 aliphatic heterocycles. The number of aliphatic hydroxyl groups excluding tert-OH is 1. The normalized spacial score (nSPS) is 10.9. The average molecular weight is 285 g/mol. The maximum atomic E-state index is 13.1. The predicted octanol–water partition coefficient (Wildman–Crippen LogP) is 2.52. The van der Waals surface area contributed by atoms with Crippen molar-refractivity contribution >= 4 is 5.91 Å². The molecule has 0 aliphatic carbocycles. The number of amides is 1. The summed E-state index contributed by atoms with van der Waals surface area (Å²) in [6.45, 7) is 4.10. The molecule has 0 aliphatic rings. The van der Waals surface area contributed by atoms with Crippen molar-refractivity contribution in [3.8, 4) is 0 Å². The van der Waals surface area contributed by atoms with Crippen LogP contribution in [0, 0.1) is 11.6 Å². The molecule has 5 heteroatoms. The quantitative estimate of drug-likeness (QED) is 0.836. The average Bonchev–Trinajstić information content (AvgIpc) is 2.43. The summed E-state index contributed by atoms with van der Waals surface area (Å²) < 4.78 is 26.0. The summed E-state index contributed by atoms with van der Waals surface area (Å²) >= 11 is 0. The molecule has 0 bridgehead atoms. The molecule has 1 N–H and O–H groups in total. The summed E-state index contributed by atoms with van der Waals surface area (Å²) in [6.07, 6.45) is 1.59. The van der Waals surface area contributed by atoms with E-state index in [0.717, 1.165) is 25.0 Å². The highest BCUT2D eigenvalue weighted by molar-refractivity contribution is 5.79. The second-order valence-corrected chi connectivity index (χ2v) is 4.71. The van der Waals surface area contributed by atoms with Gasteiger partial charge < -0.3 is 10.0 Å². The first kappa shape index (κ1) is 16.6. The third-order valence-corrected chi connectivity index (χ3v) is 3.38. The molecule has 0 unspecified atom stereocenters. The molecule has 3 nitrogen and oxygen atoms in total. The van der Waals surface area contributed by atoms with Crippen LogP contribution in [0.1, 0.15) is 32.3 Å². The van der Waals surface area contributed by atoms with Gasteiger partial charge in [-0.3, -0.25) is 4.79 Å². The van der Waals surface area contributed by atoms with Crippen LogP contribution in [0.3, 0.4) is 0 Å². The molecule has 112 valence electrons. The molecule has 1 aromatic rings. The van der Waals surface area contributed by atoms with E-state index in [1.165, 1.54) is 6.07 Å². The Hall–Kier alpha value is -1.49.